The van der Waals surface area contributed by atoms with E-state index < -0.39 is 0 Å². The highest BCUT2D eigenvalue weighted by Gasteiger charge is 2.23. The number of nitrogens with zero attached hydrogens (tertiary/aromatic N) is 8. The molecule has 6 rings (SSSR count). The Labute approximate surface area is 222 Å². The van der Waals surface area contributed by atoms with Crippen LogP contribution in [0.15, 0.2) is 93.7 Å². The maximum Gasteiger partial charge on any atom is 0.164 e. The lowest BCUT2D eigenvalue weighted by atomic mass is 9.78. The van der Waals surface area contributed by atoms with Crippen molar-refractivity contribution in [1.29, 1.82) is 0 Å². The first-order chi connectivity index (χ1) is 17.9. The predicted molar refractivity (Wildman–Crippen MR) is 146 cm³/mol. The standard InChI is InChI=1S/C27H24N8S2/c1-27(2,17-5-9-19(10-6-17)36-25-21-23(28-13-30-25)34(3)15-32-21)18-7-11-20(12-8-18)37-26-22-24(29-14-31-26)35(4)16-33-22/h5-16H,1-4H3. The second kappa shape index (κ2) is 9.28. The summed E-state index contributed by atoms with van der Waals surface area (Å²) in [5.41, 5.74) is 5.65. The molecule has 0 amide bonds. The van der Waals surface area contributed by atoms with E-state index in [2.05, 4.69) is 92.3 Å². The number of imidazole rings is 2. The van der Waals surface area contributed by atoms with Gasteiger partial charge in [-0.3, -0.25) is 0 Å². The molecule has 184 valence electrons. The Hall–Kier alpha value is -3.76. The van der Waals surface area contributed by atoms with E-state index in [0.717, 1.165) is 42.2 Å². The van der Waals surface area contributed by atoms with Crippen molar-refractivity contribution in [2.45, 2.75) is 39.1 Å². The summed E-state index contributed by atoms with van der Waals surface area (Å²) in [4.78, 5) is 28.7. The average molecular weight is 525 g/mol. The number of rotatable bonds is 6. The number of aryl methyl sites for hydroxylation is 2. The van der Waals surface area contributed by atoms with Gasteiger partial charge in [0.2, 0.25) is 0 Å². The van der Waals surface area contributed by atoms with Gasteiger partial charge in [-0.1, -0.05) is 61.6 Å². The minimum atomic E-state index is -0.154. The molecule has 8 nitrogen and oxygen atoms in total. The van der Waals surface area contributed by atoms with Gasteiger partial charge in [0.25, 0.3) is 0 Å². The lowest BCUT2D eigenvalue weighted by molar-refractivity contribution is 0.639. The molecule has 0 saturated carbocycles. The van der Waals surface area contributed by atoms with Crippen molar-refractivity contribution in [2.24, 2.45) is 14.1 Å². The second-order valence-electron chi connectivity index (χ2n) is 9.29. The number of hydrogen-bond donors (Lipinski definition) is 0. The van der Waals surface area contributed by atoms with Gasteiger partial charge in [-0.15, -0.1) is 0 Å². The second-order valence-corrected chi connectivity index (χ2v) is 11.4. The van der Waals surface area contributed by atoms with Crippen molar-refractivity contribution < 1.29 is 0 Å². The fraction of sp³-hybridized carbons (Fsp3) is 0.185. The zero-order valence-electron chi connectivity index (χ0n) is 20.8. The number of fused-ring (bicyclic) bond motifs is 2. The molecule has 37 heavy (non-hydrogen) atoms. The third kappa shape index (κ3) is 4.36. The van der Waals surface area contributed by atoms with Crippen molar-refractivity contribution in [1.82, 2.24) is 39.0 Å². The number of hydrogen-bond acceptors (Lipinski definition) is 8. The van der Waals surface area contributed by atoms with Gasteiger partial charge in [0.15, 0.2) is 11.3 Å². The molecule has 4 aromatic heterocycles. The average Bonchev–Trinajstić information content (AvgIpc) is 3.49. The van der Waals surface area contributed by atoms with Crippen molar-refractivity contribution in [3.05, 3.63) is 85.0 Å². The summed E-state index contributed by atoms with van der Waals surface area (Å²) in [6.45, 7) is 4.50. The van der Waals surface area contributed by atoms with Crippen molar-refractivity contribution in [3.8, 4) is 0 Å². The molecular weight excluding hydrogens is 500 g/mol. The van der Waals surface area contributed by atoms with Gasteiger partial charge >= 0.3 is 0 Å². The zero-order chi connectivity index (χ0) is 25.6. The van der Waals surface area contributed by atoms with Gasteiger partial charge in [-0.05, 0) is 35.4 Å². The molecule has 0 atom stereocenters. The van der Waals surface area contributed by atoms with Crippen LogP contribution in [0.5, 0.6) is 0 Å². The summed E-state index contributed by atoms with van der Waals surface area (Å²) in [6.07, 6.45) is 6.72. The Morgan fingerprint density at radius 3 is 1.38 bits per heavy atom. The lowest BCUT2D eigenvalue weighted by Crippen LogP contribution is -2.18. The number of benzene rings is 2. The first kappa shape index (κ1) is 23.6. The van der Waals surface area contributed by atoms with Crippen LogP contribution in [0.1, 0.15) is 25.0 Å². The van der Waals surface area contributed by atoms with E-state index in [9.17, 15) is 0 Å². The molecule has 0 unspecified atom stereocenters. The molecular formula is C27H24N8S2. The Balaban J connectivity index is 1.20. The van der Waals surface area contributed by atoms with E-state index in [-0.39, 0.29) is 5.41 Å². The Morgan fingerprint density at radius 1 is 0.568 bits per heavy atom. The molecule has 6 aromatic rings. The van der Waals surface area contributed by atoms with E-state index in [0.29, 0.717) is 0 Å². The van der Waals surface area contributed by atoms with Crippen molar-refractivity contribution in [3.63, 3.8) is 0 Å². The van der Waals surface area contributed by atoms with E-state index in [1.165, 1.54) is 11.1 Å². The molecule has 0 aliphatic heterocycles. The largest absolute Gasteiger partial charge is 0.318 e. The third-order valence-electron chi connectivity index (χ3n) is 6.51. The van der Waals surface area contributed by atoms with Crippen LogP contribution < -0.4 is 0 Å². The molecule has 0 radical (unpaired) electrons. The van der Waals surface area contributed by atoms with Crippen molar-refractivity contribution >= 4 is 45.9 Å². The van der Waals surface area contributed by atoms with E-state index in [4.69, 9.17) is 0 Å². The molecule has 0 saturated heterocycles. The topological polar surface area (TPSA) is 87.2 Å². The third-order valence-corrected chi connectivity index (χ3v) is 8.51. The Kier molecular flexibility index (Phi) is 5.92. The molecule has 0 fully saturated rings. The lowest BCUT2D eigenvalue weighted by Gasteiger charge is -2.26. The van der Waals surface area contributed by atoms with Crippen LogP contribution in [0.3, 0.4) is 0 Å². The van der Waals surface area contributed by atoms with Gasteiger partial charge in [0, 0.05) is 29.3 Å². The fourth-order valence-electron chi connectivity index (χ4n) is 4.27. The maximum atomic E-state index is 4.46. The van der Waals surface area contributed by atoms with Crippen LogP contribution in [0.2, 0.25) is 0 Å². The Bertz CT molecular complexity index is 1590. The fourth-order valence-corrected chi connectivity index (χ4v) is 5.94. The van der Waals surface area contributed by atoms with Crippen LogP contribution >= 0.6 is 23.5 Å². The van der Waals surface area contributed by atoms with Gasteiger partial charge in [0.05, 0.1) is 12.7 Å². The minimum absolute atomic E-state index is 0.154. The highest BCUT2D eigenvalue weighted by atomic mass is 32.2. The van der Waals surface area contributed by atoms with E-state index in [1.54, 1.807) is 48.8 Å². The highest BCUT2D eigenvalue weighted by molar-refractivity contribution is 7.99. The summed E-state index contributed by atoms with van der Waals surface area (Å²) in [5.74, 6) is 0. The van der Waals surface area contributed by atoms with Crippen LogP contribution in [0.25, 0.3) is 22.3 Å². The van der Waals surface area contributed by atoms with Crippen LogP contribution in [-0.2, 0) is 19.5 Å². The van der Waals surface area contributed by atoms with Gasteiger partial charge in [-0.2, -0.15) is 0 Å². The van der Waals surface area contributed by atoms with Crippen LogP contribution in [0, 0.1) is 0 Å². The predicted octanol–water partition coefficient (Wildman–Crippen LogP) is 5.67. The monoisotopic (exact) mass is 524 g/mol. The van der Waals surface area contributed by atoms with E-state index >= 15 is 0 Å². The molecule has 0 bridgehead atoms. The summed E-state index contributed by atoms with van der Waals surface area (Å²) in [5, 5.41) is 1.72. The zero-order valence-corrected chi connectivity index (χ0v) is 22.5. The van der Waals surface area contributed by atoms with Gasteiger partial charge in [-0.25, -0.2) is 29.9 Å². The van der Waals surface area contributed by atoms with Crippen LogP contribution in [0.4, 0.5) is 0 Å². The first-order valence-corrected chi connectivity index (χ1v) is 13.3. The van der Waals surface area contributed by atoms with Gasteiger partial charge in [0.1, 0.15) is 33.7 Å². The summed E-state index contributed by atoms with van der Waals surface area (Å²) >= 11 is 3.21. The molecule has 2 aromatic carbocycles. The highest BCUT2D eigenvalue weighted by Crippen LogP contribution is 2.37. The maximum absolute atomic E-state index is 4.46. The molecule has 0 aliphatic rings. The minimum Gasteiger partial charge on any atom is -0.318 e. The Morgan fingerprint density at radius 2 is 0.973 bits per heavy atom. The summed E-state index contributed by atoms with van der Waals surface area (Å²) in [6, 6.07) is 17.4. The molecule has 10 heteroatoms. The normalized spacial score (nSPS) is 12.0. The summed E-state index contributed by atoms with van der Waals surface area (Å²) < 4.78 is 3.81. The molecule has 4 heterocycles. The first-order valence-electron chi connectivity index (χ1n) is 11.7. The van der Waals surface area contributed by atoms with Gasteiger partial charge < -0.3 is 9.13 Å². The molecule has 0 spiro atoms. The van der Waals surface area contributed by atoms with E-state index in [1.807, 2.05) is 23.2 Å². The quantitative estimate of drug-likeness (QED) is 0.258. The molecule has 0 N–H and O–H groups in total. The summed E-state index contributed by atoms with van der Waals surface area (Å²) in [7, 11) is 3.88. The van der Waals surface area contributed by atoms with Crippen LogP contribution in [-0.4, -0.2) is 39.0 Å². The SMILES string of the molecule is Cn1cnc2c(Sc3ccc(C(C)(C)c4ccc(Sc5ncnc6c5ncn6C)cc4)cc3)ncnc21. The smallest absolute Gasteiger partial charge is 0.164 e. The molecule has 0 aliphatic carbocycles. The number of aromatic nitrogens is 8. The van der Waals surface area contributed by atoms with Crippen molar-refractivity contribution in [2.75, 3.05) is 0 Å².